The van der Waals surface area contributed by atoms with Crippen molar-refractivity contribution in [2.24, 2.45) is 4.99 Å². The number of nitrogens with zero attached hydrogens (tertiary/aromatic N) is 2. The minimum Gasteiger partial charge on any atom is -0.497 e. The molecule has 0 fully saturated rings. The summed E-state index contributed by atoms with van der Waals surface area (Å²) in [7, 11) is 3.02. The minimum absolute atomic E-state index is 0.199. The number of carbonyl (C=O) groups is 2. The standard InChI is InChI=1S/C21H22FN3O4/c1-21(2)24-19(13-5-7-14(22)8-6-13)20(27)25(21)12-18(26)23-16-10-9-15(28-3)11-17(16)29-4/h5-11H,12H2,1-4H3,(H,23,26). The highest BCUT2D eigenvalue weighted by Crippen LogP contribution is 2.30. The summed E-state index contributed by atoms with van der Waals surface area (Å²) in [5.74, 6) is -0.159. The summed E-state index contributed by atoms with van der Waals surface area (Å²) in [4.78, 5) is 31.3. The lowest BCUT2D eigenvalue weighted by atomic mass is 10.1. The molecule has 3 rings (SSSR count). The molecule has 1 heterocycles. The van der Waals surface area contributed by atoms with Gasteiger partial charge in [-0.05, 0) is 50.2 Å². The van der Waals surface area contributed by atoms with Gasteiger partial charge in [0.1, 0.15) is 35.2 Å². The topological polar surface area (TPSA) is 80.2 Å². The first-order valence-corrected chi connectivity index (χ1v) is 8.95. The fourth-order valence-electron chi connectivity index (χ4n) is 3.05. The smallest absolute Gasteiger partial charge is 0.275 e. The molecule has 1 aliphatic heterocycles. The van der Waals surface area contributed by atoms with Gasteiger partial charge in [0.15, 0.2) is 0 Å². The number of benzene rings is 2. The van der Waals surface area contributed by atoms with Crippen molar-refractivity contribution < 1.29 is 23.5 Å². The number of methoxy groups -OCH3 is 2. The Labute approximate surface area is 168 Å². The van der Waals surface area contributed by atoms with Crippen molar-refractivity contribution in [3.8, 4) is 11.5 Å². The molecule has 0 aromatic heterocycles. The van der Waals surface area contributed by atoms with E-state index in [2.05, 4.69) is 10.3 Å². The highest BCUT2D eigenvalue weighted by molar-refractivity contribution is 6.47. The van der Waals surface area contributed by atoms with Gasteiger partial charge in [-0.2, -0.15) is 0 Å². The number of amides is 2. The molecule has 0 bridgehead atoms. The number of hydrogen-bond donors (Lipinski definition) is 1. The van der Waals surface area contributed by atoms with E-state index < -0.39 is 23.3 Å². The largest absolute Gasteiger partial charge is 0.497 e. The van der Waals surface area contributed by atoms with Crippen LogP contribution in [0, 0.1) is 5.82 Å². The molecule has 29 heavy (non-hydrogen) atoms. The predicted octanol–water partition coefficient (Wildman–Crippen LogP) is 2.85. The number of halogens is 1. The number of ether oxygens (including phenoxy) is 2. The van der Waals surface area contributed by atoms with Crippen LogP contribution in [0.1, 0.15) is 19.4 Å². The Balaban J connectivity index is 1.75. The van der Waals surface area contributed by atoms with Crippen LogP contribution in [0.3, 0.4) is 0 Å². The second-order valence-corrected chi connectivity index (χ2v) is 6.97. The highest BCUT2D eigenvalue weighted by atomic mass is 19.1. The number of nitrogens with one attached hydrogen (secondary N) is 1. The van der Waals surface area contributed by atoms with Crippen LogP contribution >= 0.6 is 0 Å². The second-order valence-electron chi connectivity index (χ2n) is 6.97. The van der Waals surface area contributed by atoms with Crippen LogP contribution < -0.4 is 14.8 Å². The van der Waals surface area contributed by atoms with E-state index in [1.807, 2.05) is 0 Å². The van der Waals surface area contributed by atoms with Gasteiger partial charge in [0.25, 0.3) is 5.91 Å². The molecule has 0 atom stereocenters. The Morgan fingerprint density at radius 3 is 2.45 bits per heavy atom. The fraction of sp³-hybridized carbons (Fsp3) is 0.286. The molecule has 2 aromatic rings. The van der Waals surface area contributed by atoms with E-state index >= 15 is 0 Å². The van der Waals surface area contributed by atoms with Crippen molar-refractivity contribution in [2.75, 3.05) is 26.1 Å². The van der Waals surface area contributed by atoms with Crippen molar-refractivity contribution >= 4 is 23.2 Å². The summed E-state index contributed by atoms with van der Waals surface area (Å²) in [5.41, 5.74) is 0.249. The second kappa shape index (κ2) is 7.90. The summed E-state index contributed by atoms with van der Waals surface area (Å²) >= 11 is 0. The van der Waals surface area contributed by atoms with Gasteiger partial charge < -0.3 is 19.7 Å². The Bertz CT molecular complexity index is 970. The molecule has 0 aliphatic carbocycles. The van der Waals surface area contributed by atoms with E-state index in [0.29, 0.717) is 22.7 Å². The number of rotatable bonds is 6. The van der Waals surface area contributed by atoms with E-state index in [9.17, 15) is 14.0 Å². The molecule has 7 nitrogen and oxygen atoms in total. The minimum atomic E-state index is -0.915. The first-order valence-electron chi connectivity index (χ1n) is 8.95. The Kier molecular flexibility index (Phi) is 5.54. The van der Waals surface area contributed by atoms with Crippen LogP contribution in [0.15, 0.2) is 47.5 Å². The zero-order valence-electron chi connectivity index (χ0n) is 16.7. The lowest BCUT2D eigenvalue weighted by Gasteiger charge is -2.28. The van der Waals surface area contributed by atoms with Gasteiger partial charge in [-0.1, -0.05) is 0 Å². The zero-order valence-corrected chi connectivity index (χ0v) is 16.7. The molecular formula is C21H22FN3O4. The summed E-state index contributed by atoms with van der Waals surface area (Å²) in [6.45, 7) is 3.28. The summed E-state index contributed by atoms with van der Waals surface area (Å²) < 4.78 is 23.6. The molecule has 2 aromatic carbocycles. The summed E-state index contributed by atoms with van der Waals surface area (Å²) in [6, 6.07) is 10.5. The van der Waals surface area contributed by atoms with Crippen LogP contribution in [0.2, 0.25) is 0 Å². The van der Waals surface area contributed by atoms with E-state index in [1.54, 1.807) is 32.0 Å². The van der Waals surface area contributed by atoms with Crippen molar-refractivity contribution in [2.45, 2.75) is 19.5 Å². The van der Waals surface area contributed by atoms with Crippen LogP contribution in [0.5, 0.6) is 11.5 Å². The number of hydrogen-bond acceptors (Lipinski definition) is 5. The maximum absolute atomic E-state index is 13.2. The first-order chi connectivity index (χ1) is 13.7. The Morgan fingerprint density at radius 2 is 1.83 bits per heavy atom. The molecule has 1 N–H and O–H groups in total. The number of aliphatic imine (C=N–C) groups is 1. The molecule has 1 aliphatic rings. The van der Waals surface area contributed by atoms with Crippen LogP contribution in [-0.2, 0) is 9.59 Å². The fourth-order valence-corrected chi connectivity index (χ4v) is 3.05. The van der Waals surface area contributed by atoms with Gasteiger partial charge in [-0.3, -0.25) is 14.6 Å². The van der Waals surface area contributed by atoms with Crippen molar-refractivity contribution in [3.05, 3.63) is 53.8 Å². The van der Waals surface area contributed by atoms with Gasteiger partial charge in [0.05, 0.1) is 19.9 Å². The number of anilines is 1. The quantitative estimate of drug-likeness (QED) is 0.810. The maximum atomic E-state index is 13.2. The van der Waals surface area contributed by atoms with Gasteiger partial charge in [-0.25, -0.2) is 4.39 Å². The third-order valence-electron chi connectivity index (χ3n) is 4.60. The lowest BCUT2D eigenvalue weighted by molar-refractivity contribution is -0.131. The third kappa shape index (κ3) is 4.21. The highest BCUT2D eigenvalue weighted by Gasteiger charge is 2.41. The van der Waals surface area contributed by atoms with Crippen LogP contribution in [0.4, 0.5) is 10.1 Å². The van der Waals surface area contributed by atoms with E-state index in [1.165, 1.54) is 43.4 Å². The summed E-state index contributed by atoms with van der Waals surface area (Å²) in [6.07, 6.45) is 0. The van der Waals surface area contributed by atoms with E-state index in [4.69, 9.17) is 9.47 Å². The molecule has 2 amide bonds. The lowest BCUT2D eigenvalue weighted by Crippen LogP contribution is -2.46. The Hall–Kier alpha value is -3.42. The molecule has 0 unspecified atom stereocenters. The molecule has 0 radical (unpaired) electrons. The summed E-state index contributed by atoms with van der Waals surface area (Å²) in [5, 5.41) is 2.75. The van der Waals surface area contributed by atoms with Crippen molar-refractivity contribution in [1.82, 2.24) is 4.90 Å². The Morgan fingerprint density at radius 1 is 1.14 bits per heavy atom. The molecule has 0 saturated heterocycles. The first kappa shape index (κ1) is 20.3. The van der Waals surface area contributed by atoms with Gasteiger partial charge >= 0.3 is 0 Å². The normalized spacial score (nSPS) is 15.1. The van der Waals surface area contributed by atoms with Crippen LogP contribution in [-0.4, -0.2) is 48.9 Å². The van der Waals surface area contributed by atoms with Crippen molar-refractivity contribution in [3.63, 3.8) is 0 Å². The monoisotopic (exact) mass is 399 g/mol. The van der Waals surface area contributed by atoms with Gasteiger partial charge in [0.2, 0.25) is 5.91 Å². The molecule has 0 saturated carbocycles. The average Bonchev–Trinajstić information content (AvgIpc) is 2.92. The maximum Gasteiger partial charge on any atom is 0.275 e. The molecule has 8 heteroatoms. The average molecular weight is 399 g/mol. The van der Waals surface area contributed by atoms with Gasteiger partial charge in [-0.15, -0.1) is 0 Å². The number of carbonyl (C=O) groups excluding carboxylic acids is 2. The zero-order chi connectivity index (χ0) is 21.2. The van der Waals surface area contributed by atoms with Crippen LogP contribution in [0.25, 0.3) is 0 Å². The predicted molar refractivity (Wildman–Crippen MR) is 107 cm³/mol. The van der Waals surface area contributed by atoms with E-state index in [-0.39, 0.29) is 12.3 Å². The SMILES string of the molecule is COc1ccc(NC(=O)CN2C(=O)C(c3ccc(F)cc3)=NC2(C)C)c(OC)c1. The third-order valence-corrected chi connectivity index (χ3v) is 4.60. The van der Waals surface area contributed by atoms with Crippen molar-refractivity contribution in [1.29, 1.82) is 0 Å². The van der Waals surface area contributed by atoms with Gasteiger partial charge in [0, 0.05) is 11.6 Å². The molecule has 152 valence electrons. The molecular weight excluding hydrogens is 377 g/mol. The molecule has 0 spiro atoms. The van der Waals surface area contributed by atoms with E-state index in [0.717, 1.165) is 0 Å².